The van der Waals surface area contributed by atoms with Crippen molar-refractivity contribution < 1.29 is 16.8 Å². The topological polar surface area (TPSA) is 161 Å². The lowest BCUT2D eigenvalue weighted by Gasteiger charge is -2.35. The van der Waals surface area contributed by atoms with E-state index in [0.29, 0.717) is 67.6 Å². The normalized spacial score (nSPS) is 16.1. The van der Waals surface area contributed by atoms with Gasteiger partial charge in [0.1, 0.15) is 11.6 Å². The Bertz CT molecular complexity index is 1930. The molecule has 6 rings (SSSR count). The van der Waals surface area contributed by atoms with Crippen LogP contribution < -0.4 is 10.2 Å². The Morgan fingerprint density at radius 1 is 0.953 bits per heavy atom. The van der Waals surface area contributed by atoms with Crippen LogP contribution >= 0.6 is 0 Å². The SMILES string of the molecule is CCS(=O)(=O)N1CCN(c2cc(Nc3ccnc(-c4cnn(S(=O)(=O)C5CC5)c4)n3)ncc2C#Cc2cnn(C)c2)CC1. The number of nitrogens with one attached hydrogen (secondary N) is 1. The minimum Gasteiger partial charge on any atom is -0.368 e. The maximum Gasteiger partial charge on any atom is 0.256 e. The van der Waals surface area contributed by atoms with Gasteiger partial charge in [-0.3, -0.25) is 4.68 Å². The number of sulfonamides is 1. The molecule has 2 aliphatic rings. The van der Waals surface area contributed by atoms with Crippen LogP contribution in [0.15, 0.2) is 49.3 Å². The molecule has 0 radical (unpaired) electrons. The lowest BCUT2D eigenvalue weighted by molar-refractivity contribution is 0.385. The largest absolute Gasteiger partial charge is 0.368 e. The highest BCUT2D eigenvalue weighted by molar-refractivity contribution is 7.90. The summed E-state index contributed by atoms with van der Waals surface area (Å²) in [6.45, 7) is 3.38. The summed E-state index contributed by atoms with van der Waals surface area (Å²) < 4.78 is 54.1. The Morgan fingerprint density at radius 2 is 1.74 bits per heavy atom. The molecule has 0 bridgehead atoms. The first-order chi connectivity index (χ1) is 20.6. The maximum atomic E-state index is 12.5. The molecule has 0 aromatic carbocycles. The molecule has 1 saturated carbocycles. The summed E-state index contributed by atoms with van der Waals surface area (Å²) in [7, 11) is -4.95. The van der Waals surface area contributed by atoms with Crippen LogP contribution in [-0.4, -0.2) is 92.2 Å². The molecular weight excluding hydrogens is 592 g/mol. The average molecular weight is 623 g/mol. The molecule has 0 unspecified atom stereocenters. The quantitative estimate of drug-likeness (QED) is 0.283. The van der Waals surface area contributed by atoms with Crippen molar-refractivity contribution >= 4 is 37.4 Å². The third-order valence-corrected chi connectivity index (χ3v) is 11.1. The highest BCUT2D eigenvalue weighted by Gasteiger charge is 2.37. The Morgan fingerprint density at radius 3 is 2.44 bits per heavy atom. The molecule has 1 aliphatic heterocycles. The molecule has 43 heavy (non-hydrogen) atoms. The third-order valence-electron chi connectivity index (χ3n) is 7.20. The van der Waals surface area contributed by atoms with Gasteiger partial charge in [0.15, 0.2) is 5.82 Å². The monoisotopic (exact) mass is 622 g/mol. The molecule has 224 valence electrons. The van der Waals surface area contributed by atoms with Gasteiger partial charge in [0.25, 0.3) is 10.0 Å². The van der Waals surface area contributed by atoms with Crippen molar-refractivity contribution in [3.05, 3.63) is 60.4 Å². The van der Waals surface area contributed by atoms with Gasteiger partial charge in [-0.25, -0.2) is 31.8 Å². The minimum absolute atomic E-state index is 0.0657. The van der Waals surface area contributed by atoms with Crippen molar-refractivity contribution in [2.75, 3.05) is 42.1 Å². The number of pyridine rings is 1. The summed E-state index contributed by atoms with van der Waals surface area (Å²) in [6, 6.07) is 3.54. The zero-order valence-corrected chi connectivity index (χ0v) is 25.3. The van der Waals surface area contributed by atoms with Gasteiger partial charge in [-0.15, -0.1) is 0 Å². The first-order valence-corrected chi connectivity index (χ1v) is 16.9. The Balaban J connectivity index is 1.26. The van der Waals surface area contributed by atoms with E-state index in [4.69, 9.17) is 0 Å². The fourth-order valence-corrected chi connectivity index (χ4v) is 7.22. The van der Waals surface area contributed by atoms with Gasteiger partial charge in [0.2, 0.25) is 10.0 Å². The van der Waals surface area contributed by atoms with Crippen LogP contribution in [0.2, 0.25) is 0 Å². The van der Waals surface area contributed by atoms with Crippen molar-refractivity contribution in [2.45, 2.75) is 25.0 Å². The predicted molar refractivity (Wildman–Crippen MR) is 161 cm³/mol. The van der Waals surface area contributed by atoms with Gasteiger partial charge in [0.05, 0.1) is 52.0 Å². The molecule has 4 aromatic rings. The first kappa shape index (κ1) is 28.8. The Kier molecular flexibility index (Phi) is 7.63. The van der Waals surface area contributed by atoms with E-state index in [1.165, 1.54) is 16.7 Å². The molecule has 1 saturated heterocycles. The molecule has 0 spiro atoms. The molecular formula is C27H30N10O4S2. The third kappa shape index (κ3) is 6.24. The van der Waals surface area contributed by atoms with E-state index < -0.39 is 20.0 Å². The smallest absolute Gasteiger partial charge is 0.256 e. The van der Waals surface area contributed by atoms with Gasteiger partial charge in [-0.1, -0.05) is 11.8 Å². The number of rotatable bonds is 8. The standard InChI is InChI=1S/C27H30N10O4S2/c1-3-42(38,39)36-12-10-35(11-13-36)24-14-26(29-16-21(24)5-4-20-15-30-34(2)18-20)32-25-8-9-28-27(33-25)22-17-31-37(19-22)43(40,41)23-6-7-23/h8-9,14-19,23H,3,6-7,10-13H2,1-2H3,(H,28,29,32,33). The summed E-state index contributed by atoms with van der Waals surface area (Å²) in [5.74, 6) is 7.65. The van der Waals surface area contributed by atoms with Crippen molar-refractivity contribution in [3.8, 4) is 23.2 Å². The van der Waals surface area contributed by atoms with Crippen LogP contribution in [0.3, 0.4) is 0 Å². The van der Waals surface area contributed by atoms with E-state index in [9.17, 15) is 16.8 Å². The van der Waals surface area contributed by atoms with Crippen molar-refractivity contribution in [1.29, 1.82) is 0 Å². The number of nitrogens with zero attached hydrogens (tertiary/aromatic N) is 9. The van der Waals surface area contributed by atoms with Crippen LogP contribution in [-0.2, 0) is 27.1 Å². The fourth-order valence-electron chi connectivity index (χ4n) is 4.66. The molecule has 0 atom stereocenters. The summed E-state index contributed by atoms with van der Waals surface area (Å²) in [5.41, 5.74) is 2.73. The van der Waals surface area contributed by atoms with Crippen molar-refractivity contribution in [1.82, 2.24) is 38.2 Å². The Hall–Kier alpha value is -4.33. The first-order valence-electron chi connectivity index (χ1n) is 13.8. The predicted octanol–water partition coefficient (Wildman–Crippen LogP) is 1.42. The minimum atomic E-state index is -3.50. The highest BCUT2D eigenvalue weighted by atomic mass is 32.2. The second kappa shape index (κ2) is 11.4. The van der Waals surface area contributed by atoms with E-state index in [-0.39, 0.29) is 11.0 Å². The van der Waals surface area contributed by atoms with Crippen LogP contribution in [0.1, 0.15) is 30.9 Å². The number of anilines is 3. The number of aromatic nitrogens is 7. The summed E-state index contributed by atoms with van der Waals surface area (Å²) in [5, 5.41) is 11.0. The van der Waals surface area contributed by atoms with Crippen LogP contribution in [0.25, 0.3) is 11.4 Å². The molecule has 14 nitrogen and oxygen atoms in total. The maximum absolute atomic E-state index is 12.5. The van der Waals surface area contributed by atoms with E-state index >= 15 is 0 Å². The van der Waals surface area contributed by atoms with Gasteiger partial charge in [-0.05, 0) is 25.8 Å². The summed E-state index contributed by atoms with van der Waals surface area (Å²) >= 11 is 0. The lowest BCUT2D eigenvalue weighted by Crippen LogP contribution is -2.49. The summed E-state index contributed by atoms with van der Waals surface area (Å²) in [4.78, 5) is 15.5. The van der Waals surface area contributed by atoms with E-state index in [2.05, 4.69) is 47.2 Å². The molecule has 16 heteroatoms. The molecule has 0 amide bonds. The highest BCUT2D eigenvalue weighted by Crippen LogP contribution is 2.30. The lowest BCUT2D eigenvalue weighted by atomic mass is 10.1. The molecule has 4 aromatic heterocycles. The second-order valence-corrected chi connectivity index (χ2v) is 14.6. The second-order valence-electron chi connectivity index (χ2n) is 10.3. The molecule has 5 heterocycles. The number of hydrogen-bond donors (Lipinski definition) is 1. The van der Waals surface area contributed by atoms with Crippen LogP contribution in [0.5, 0.6) is 0 Å². The van der Waals surface area contributed by atoms with Crippen LogP contribution in [0.4, 0.5) is 17.3 Å². The zero-order chi connectivity index (χ0) is 30.2. The van der Waals surface area contributed by atoms with E-state index in [0.717, 1.165) is 15.3 Å². The summed E-state index contributed by atoms with van der Waals surface area (Å²) in [6.07, 6.45) is 10.9. The van der Waals surface area contributed by atoms with Gasteiger partial charge >= 0.3 is 0 Å². The Labute approximate surface area is 249 Å². The van der Waals surface area contributed by atoms with E-state index in [1.807, 2.05) is 19.3 Å². The van der Waals surface area contributed by atoms with Crippen LogP contribution in [0, 0.1) is 11.8 Å². The van der Waals surface area contributed by atoms with Gasteiger partial charge in [0, 0.05) is 57.9 Å². The van der Waals surface area contributed by atoms with E-state index in [1.54, 1.807) is 36.3 Å². The zero-order valence-electron chi connectivity index (χ0n) is 23.6. The van der Waals surface area contributed by atoms with Gasteiger partial charge < -0.3 is 10.2 Å². The number of aryl methyl sites for hydroxylation is 1. The average Bonchev–Trinajstić information content (AvgIpc) is 3.61. The van der Waals surface area contributed by atoms with Gasteiger partial charge in [-0.2, -0.15) is 18.6 Å². The fraction of sp³-hybridized carbons (Fsp3) is 0.370. The van der Waals surface area contributed by atoms with Crippen molar-refractivity contribution in [3.63, 3.8) is 0 Å². The number of hydrogen-bond acceptors (Lipinski definition) is 11. The number of piperazine rings is 1. The molecule has 1 N–H and O–H groups in total. The van der Waals surface area contributed by atoms with Crippen molar-refractivity contribution in [2.24, 2.45) is 7.05 Å². The molecule has 1 aliphatic carbocycles. The molecule has 2 fully saturated rings.